The van der Waals surface area contributed by atoms with Crippen molar-refractivity contribution in [3.05, 3.63) is 38.5 Å². The van der Waals surface area contributed by atoms with E-state index in [-0.39, 0.29) is 42.9 Å². The van der Waals surface area contributed by atoms with Gasteiger partial charge in [-0.15, -0.1) is 0 Å². The highest BCUT2D eigenvalue weighted by molar-refractivity contribution is 7.89. The molecule has 8 nitrogen and oxygen atoms in total. The minimum atomic E-state index is -4.71. The van der Waals surface area contributed by atoms with Gasteiger partial charge in [0.15, 0.2) is 9.84 Å². The van der Waals surface area contributed by atoms with Gasteiger partial charge in [0.1, 0.15) is 5.88 Å². The Morgan fingerprint density at radius 2 is 1.81 bits per heavy atom. The predicted molar refractivity (Wildman–Crippen MR) is 91.7 cm³/mol. The van der Waals surface area contributed by atoms with Crippen LogP contribution in [0.2, 0.25) is 0 Å². The molecule has 1 saturated heterocycles. The highest BCUT2D eigenvalue weighted by atomic mass is 32.2. The Morgan fingerprint density at radius 1 is 1.19 bits per heavy atom. The van der Waals surface area contributed by atoms with Crippen LogP contribution in [0.1, 0.15) is 5.56 Å². The third kappa shape index (κ3) is 4.00. The number of nitrogens with zero attached hydrogens (tertiary/aromatic N) is 2. The van der Waals surface area contributed by atoms with E-state index in [4.69, 9.17) is 4.74 Å². The Bertz CT molecular complexity index is 1100. The number of H-pyrrole nitrogens is 1. The molecule has 1 aliphatic heterocycles. The normalized spacial score (nSPS) is 16.1. The number of rotatable bonds is 3. The standard InChI is InChI=1S/C15H16F3N3O5S/c1-27(24,25)8-21-13(22)9-6-12(20-2-4-26-5-3-20)10(15(16,17)18)7-11(9)19-14(21)23/h6-7H,2-5,8H2,1H3,(H,19,23). The summed E-state index contributed by atoms with van der Waals surface area (Å²) in [7, 11) is -3.72. The number of benzene rings is 1. The lowest BCUT2D eigenvalue weighted by molar-refractivity contribution is -0.137. The number of hydrogen-bond acceptors (Lipinski definition) is 6. The molecular formula is C15H16F3N3O5S. The highest BCUT2D eigenvalue weighted by Gasteiger charge is 2.36. The van der Waals surface area contributed by atoms with E-state index in [1.54, 1.807) is 0 Å². The first-order valence-corrected chi connectivity index (χ1v) is 9.92. The Morgan fingerprint density at radius 3 is 2.37 bits per heavy atom. The first kappa shape index (κ1) is 19.4. The van der Waals surface area contributed by atoms with Crippen LogP contribution in [0.15, 0.2) is 21.7 Å². The minimum Gasteiger partial charge on any atom is -0.378 e. The molecule has 0 aliphatic carbocycles. The summed E-state index contributed by atoms with van der Waals surface area (Å²) in [5.41, 5.74) is -3.58. The third-order valence-electron chi connectivity index (χ3n) is 4.12. The maximum Gasteiger partial charge on any atom is 0.418 e. The summed E-state index contributed by atoms with van der Waals surface area (Å²) in [6.45, 7) is 0.878. The zero-order chi connectivity index (χ0) is 20.0. The smallest absolute Gasteiger partial charge is 0.378 e. The van der Waals surface area contributed by atoms with Gasteiger partial charge in [0.25, 0.3) is 5.56 Å². The molecule has 1 aromatic carbocycles. The number of hydrogen-bond donors (Lipinski definition) is 1. The van der Waals surface area contributed by atoms with E-state index in [2.05, 4.69) is 4.98 Å². The lowest BCUT2D eigenvalue weighted by Crippen LogP contribution is -2.39. The molecule has 1 N–H and O–H groups in total. The minimum absolute atomic E-state index is 0.201. The summed E-state index contributed by atoms with van der Waals surface area (Å²) >= 11 is 0. The van der Waals surface area contributed by atoms with Gasteiger partial charge in [0.05, 0.1) is 35.4 Å². The number of aromatic amines is 1. The van der Waals surface area contributed by atoms with Gasteiger partial charge >= 0.3 is 11.9 Å². The van der Waals surface area contributed by atoms with E-state index in [0.717, 1.165) is 12.3 Å². The van der Waals surface area contributed by atoms with Crippen LogP contribution < -0.4 is 16.1 Å². The van der Waals surface area contributed by atoms with E-state index in [0.29, 0.717) is 10.6 Å². The largest absolute Gasteiger partial charge is 0.418 e. The lowest BCUT2D eigenvalue weighted by Gasteiger charge is -2.31. The van der Waals surface area contributed by atoms with Crippen LogP contribution in [0.25, 0.3) is 10.9 Å². The van der Waals surface area contributed by atoms with E-state index >= 15 is 0 Å². The number of anilines is 1. The van der Waals surface area contributed by atoms with Crippen molar-refractivity contribution in [2.24, 2.45) is 0 Å². The number of morpholine rings is 1. The van der Waals surface area contributed by atoms with Gasteiger partial charge < -0.3 is 14.6 Å². The number of nitrogens with one attached hydrogen (secondary N) is 1. The van der Waals surface area contributed by atoms with E-state index < -0.39 is 38.7 Å². The van der Waals surface area contributed by atoms with Crippen molar-refractivity contribution in [3.8, 4) is 0 Å². The van der Waals surface area contributed by atoms with Gasteiger partial charge in [-0.25, -0.2) is 17.8 Å². The third-order valence-corrected chi connectivity index (χ3v) is 4.85. The van der Waals surface area contributed by atoms with Gasteiger partial charge in [-0.3, -0.25) is 4.79 Å². The molecule has 1 aromatic heterocycles. The second kappa shape index (κ2) is 6.68. The molecule has 0 saturated carbocycles. The van der Waals surface area contributed by atoms with Crippen molar-refractivity contribution in [1.29, 1.82) is 0 Å². The molecule has 2 aromatic rings. The van der Waals surface area contributed by atoms with E-state index in [9.17, 15) is 31.2 Å². The summed E-state index contributed by atoms with van der Waals surface area (Å²) in [4.78, 5) is 28.2. The summed E-state index contributed by atoms with van der Waals surface area (Å²) in [6, 6.07) is 1.74. The molecule has 1 fully saturated rings. The summed E-state index contributed by atoms with van der Waals surface area (Å²) in [6.07, 6.45) is -3.87. The molecule has 12 heteroatoms. The fourth-order valence-electron chi connectivity index (χ4n) is 2.93. The van der Waals surface area contributed by atoms with Gasteiger partial charge in [0.2, 0.25) is 0 Å². The lowest BCUT2D eigenvalue weighted by atomic mass is 10.1. The van der Waals surface area contributed by atoms with Crippen molar-refractivity contribution in [1.82, 2.24) is 9.55 Å². The van der Waals surface area contributed by atoms with Gasteiger partial charge in [-0.1, -0.05) is 0 Å². The number of alkyl halides is 3. The zero-order valence-corrected chi connectivity index (χ0v) is 15.0. The van der Waals surface area contributed by atoms with Crippen LogP contribution in [0.5, 0.6) is 0 Å². The number of ether oxygens (including phenoxy) is 1. The van der Waals surface area contributed by atoms with Crippen LogP contribution in [0.3, 0.4) is 0 Å². The summed E-state index contributed by atoms with van der Waals surface area (Å²) in [5, 5.41) is -0.201. The van der Waals surface area contributed by atoms with Crippen LogP contribution in [0.4, 0.5) is 18.9 Å². The Balaban J connectivity index is 2.29. The van der Waals surface area contributed by atoms with Crippen LogP contribution in [0, 0.1) is 0 Å². The van der Waals surface area contributed by atoms with Crippen LogP contribution >= 0.6 is 0 Å². The number of aromatic nitrogens is 2. The van der Waals surface area contributed by atoms with Crippen LogP contribution in [-0.2, 0) is 26.6 Å². The molecule has 0 spiro atoms. The molecule has 0 atom stereocenters. The predicted octanol–water partition coefficient (Wildman–Crippen LogP) is 0.547. The first-order chi connectivity index (χ1) is 12.5. The van der Waals surface area contributed by atoms with Crippen LogP contribution in [-0.4, -0.2) is 50.5 Å². The average Bonchev–Trinajstić information content (AvgIpc) is 2.57. The van der Waals surface area contributed by atoms with Crippen molar-refractivity contribution >= 4 is 26.4 Å². The van der Waals surface area contributed by atoms with Crippen molar-refractivity contribution in [2.75, 3.05) is 37.5 Å². The fraction of sp³-hybridized carbons (Fsp3) is 0.467. The summed E-state index contributed by atoms with van der Waals surface area (Å²) in [5.74, 6) is -0.870. The second-order valence-electron chi connectivity index (χ2n) is 6.23. The Kier molecular flexibility index (Phi) is 4.80. The first-order valence-electron chi connectivity index (χ1n) is 7.86. The van der Waals surface area contributed by atoms with Gasteiger partial charge in [0, 0.05) is 19.3 Å². The molecular weight excluding hydrogens is 391 g/mol. The molecule has 148 valence electrons. The van der Waals surface area contributed by atoms with Crippen molar-refractivity contribution in [2.45, 2.75) is 12.1 Å². The molecule has 0 bridgehead atoms. The van der Waals surface area contributed by atoms with Crippen molar-refractivity contribution in [3.63, 3.8) is 0 Å². The molecule has 27 heavy (non-hydrogen) atoms. The number of sulfone groups is 1. The monoisotopic (exact) mass is 407 g/mol. The second-order valence-corrected chi connectivity index (χ2v) is 8.34. The van der Waals surface area contributed by atoms with Gasteiger partial charge in [-0.05, 0) is 12.1 Å². The maximum atomic E-state index is 13.5. The summed E-state index contributed by atoms with van der Waals surface area (Å²) < 4.78 is 69.1. The fourth-order valence-corrected chi connectivity index (χ4v) is 3.64. The number of halogens is 3. The Labute approximate surface area is 151 Å². The Hall–Kier alpha value is -2.34. The molecule has 0 radical (unpaired) electrons. The van der Waals surface area contributed by atoms with E-state index in [1.807, 2.05) is 0 Å². The molecule has 0 unspecified atom stereocenters. The molecule has 2 heterocycles. The number of fused-ring (bicyclic) bond motifs is 1. The highest BCUT2D eigenvalue weighted by Crippen LogP contribution is 2.38. The molecule has 1 aliphatic rings. The van der Waals surface area contributed by atoms with E-state index in [1.165, 1.54) is 4.90 Å². The average molecular weight is 407 g/mol. The zero-order valence-electron chi connectivity index (χ0n) is 14.2. The maximum absolute atomic E-state index is 13.5. The quantitative estimate of drug-likeness (QED) is 0.797. The van der Waals surface area contributed by atoms with Crippen molar-refractivity contribution < 1.29 is 26.3 Å². The molecule has 3 rings (SSSR count). The molecule has 0 amide bonds. The topological polar surface area (TPSA) is 101 Å². The SMILES string of the molecule is CS(=O)(=O)Cn1c(=O)[nH]c2cc(C(F)(F)F)c(N3CCOCC3)cc2c1=O. The van der Waals surface area contributed by atoms with Gasteiger partial charge in [-0.2, -0.15) is 13.2 Å².